The van der Waals surface area contributed by atoms with Crippen molar-refractivity contribution in [2.45, 2.75) is 0 Å². The molecule has 0 aromatic rings. The van der Waals surface area contributed by atoms with Gasteiger partial charge in [0.25, 0.3) is 0 Å². The molecule has 0 aliphatic rings. The van der Waals surface area contributed by atoms with Crippen LogP contribution in [0.3, 0.4) is 0 Å². The molecule has 3 heteroatoms. The van der Waals surface area contributed by atoms with E-state index in [-0.39, 0.29) is 37.3 Å². The van der Waals surface area contributed by atoms with Crippen LogP contribution in [0.25, 0.3) is 0 Å². The molecule has 0 fully saturated rings. The first-order valence-corrected chi connectivity index (χ1v) is 0.408. The molecule has 0 saturated heterocycles. The Labute approximate surface area is 46.9 Å². The van der Waals surface area contributed by atoms with Gasteiger partial charge in [-0.3, -0.25) is 0 Å². The van der Waals surface area contributed by atoms with E-state index in [4.69, 9.17) is 9.59 Å². The van der Waals surface area contributed by atoms with E-state index in [1.165, 1.54) is 0 Å². The van der Waals surface area contributed by atoms with E-state index in [9.17, 15) is 0 Å². The number of rotatable bonds is 0. The molecular formula is CO2U. The van der Waals surface area contributed by atoms with E-state index < -0.39 is 0 Å². The molecule has 0 unspecified atom stereocenters. The number of hydrogen-bond donors (Lipinski definition) is 0. The van der Waals surface area contributed by atoms with E-state index in [1.54, 1.807) is 0 Å². The van der Waals surface area contributed by atoms with E-state index >= 15 is 0 Å². The first-order chi connectivity index (χ1) is 1.41. The van der Waals surface area contributed by atoms with Gasteiger partial charge in [0.1, 0.15) is 0 Å². The monoisotopic (exact) mass is 282 g/mol. The van der Waals surface area contributed by atoms with Gasteiger partial charge in [0, 0.05) is 31.1 Å². The summed E-state index contributed by atoms with van der Waals surface area (Å²) in [5.41, 5.74) is 0. The third-order valence-electron chi connectivity index (χ3n) is 0. The van der Waals surface area contributed by atoms with Gasteiger partial charge in [-0.25, -0.2) is 0 Å². The second-order valence-electron chi connectivity index (χ2n) is 0.0833. The van der Waals surface area contributed by atoms with E-state index in [1.807, 2.05) is 0 Å². The molecule has 2 nitrogen and oxygen atoms in total. The summed E-state index contributed by atoms with van der Waals surface area (Å²) in [7, 11) is 0. The summed E-state index contributed by atoms with van der Waals surface area (Å²) in [5, 5.41) is 0. The molecule has 0 spiro atoms. The van der Waals surface area contributed by atoms with Gasteiger partial charge in [0.15, 0.2) is 0 Å². The molecule has 0 radical (unpaired) electrons. The molecule has 0 amide bonds. The fourth-order valence-electron chi connectivity index (χ4n) is 0. The van der Waals surface area contributed by atoms with Crippen molar-refractivity contribution in [3.8, 4) is 0 Å². The van der Waals surface area contributed by atoms with Crippen molar-refractivity contribution in [1.82, 2.24) is 0 Å². The Morgan fingerprint density at radius 2 is 1.25 bits per heavy atom. The molecule has 20 valence electrons. The number of carbonyl (C=O) groups excluding carboxylic acids is 2. The van der Waals surface area contributed by atoms with Crippen molar-refractivity contribution in [2.24, 2.45) is 0 Å². The maximum atomic E-state index is 8.12. The minimum Gasteiger partial charge on any atom is -0.186 e. The smallest absolute Gasteiger partial charge is 0.186 e. The van der Waals surface area contributed by atoms with Crippen molar-refractivity contribution in [2.75, 3.05) is 0 Å². The standard InChI is InChI=1S/CO2.U/c2-1-3;. The Morgan fingerprint density at radius 1 is 1.25 bits per heavy atom. The van der Waals surface area contributed by atoms with Crippen LogP contribution in [0.15, 0.2) is 0 Å². The van der Waals surface area contributed by atoms with Crippen molar-refractivity contribution in [3.05, 3.63) is 0 Å². The summed E-state index contributed by atoms with van der Waals surface area (Å²) < 4.78 is 0. The van der Waals surface area contributed by atoms with Crippen LogP contribution in [0.1, 0.15) is 0 Å². The first kappa shape index (κ1) is 8.83. The summed E-state index contributed by atoms with van der Waals surface area (Å²) in [4.78, 5) is 16.2. The van der Waals surface area contributed by atoms with Crippen LogP contribution < -0.4 is 0 Å². The SMILES string of the molecule is O=C=O.[U]. The van der Waals surface area contributed by atoms with Crippen molar-refractivity contribution >= 4 is 6.15 Å². The Balaban J connectivity index is 0. The summed E-state index contributed by atoms with van der Waals surface area (Å²) >= 11 is 0. The van der Waals surface area contributed by atoms with Crippen LogP contribution in [0, 0.1) is 31.1 Å². The number of hydrogen-bond acceptors (Lipinski definition) is 2. The van der Waals surface area contributed by atoms with Gasteiger partial charge in [0.05, 0.1) is 0 Å². The van der Waals surface area contributed by atoms with Gasteiger partial charge in [-0.2, -0.15) is 9.59 Å². The minimum atomic E-state index is 0. The van der Waals surface area contributed by atoms with Crippen molar-refractivity contribution in [3.63, 3.8) is 0 Å². The summed E-state index contributed by atoms with van der Waals surface area (Å²) in [5.74, 6) is 0. The Morgan fingerprint density at radius 3 is 1.25 bits per heavy atom. The molecular weight excluding hydrogens is 282 g/mol. The molecule has 4 heavy (non-hydrogen) atoms. The second kappa shape index (κ2) is 9.90. The van der Waals surface area contributed by atoms with E-state index in [0.29, 0.717) is 0 Å². The second-order valence-corrected chi connectivity index (χ2v) is 0.0833. The molecule has 0 bridgehead atoms. The van der Waals surface area contributed by atoms with Crippen LogP contribution in [-0.4, -0.2) is 6.15 Å². The molecule has 0 rings (SSSR count). The molecule has 0 aliphatic carbocycles. The maximum absolute atomic E-state index is 8.12. The Hall–Kier alpha value is 0.432. The molecule has 0 N–H and O–H groups in total. The summed E-state index contributed by atoms with van der Waals surface area (Å²) in [6.45, 7) is 0. The van der Waals surface area contributed by atoms with Gasteiger partial charge in [-0.05, 0) is 0 Å². The van der Waals surface area contributed by atoms with Crippen LogP contribution in [-0.2, 0) is 9.59 Å². The van der Waals surface area contributed by atoms with Crippen LogP contribution in [0.5, 0.6) is 0 Å². The summed E-state index contributed by atoms with van der Waals surface area (Å²) in [6.07, 6.45) is 0.250. The summed E-state index contributed by atoms with van der Waals surface area (Å²) in [6, 6.07) is 0. The molecule has 0 atom stereocenters. The average Bonchev–Trinajstić information content (AvgIpc) is 0.918. The Kier molecular flexibility index (Phi) is 21.8. The third kappa shape index (κ3) is 26.7. The normalized spacial score (nSPS) is 2.00. The Bertz CT molecular complexity index is 27.0. The van der Waals surface area contributed by atoms with Gasteiger partial charge < -0.3 is 0 Å². The van der Waals surface area contributed by atoms with Crippen LogP contribution in [0.4, 0.5) is 0 Å². The van der Waals surface area contributed by atoms with Gasteiger partial charge in [-0.1, -0.05) is 0 Å². The van der Waals surface area contributed by atoms with Gasteiger partial charge >= 0.3 is 6.15 Å². The third-order valence-corrected chi connectivity index (χ3v) is 0. The molecule has 0 aliphatic heterocycles. The molecule has 0 saturated carbocycles. The predicted octanol–water partition coefficient (Wildman–Crippen LogP) is -0.584. The zero-order chi connectivity index (χ0) is 2.71. The molecule has 0 heterocycles. The molecule has 0 aromatic heterocycles. The van der Waals surface area contributed by atoms with Crippen LogP contribution >= 0.6 is 0 Å². The van der Waals surface area contributed by atoms with Gasteiger partial charge in [-0.15, -0.1) is 0 Å². The van der Waals surface area contributed by atoms with Crippen LogP contribution in [0.2, 0.25) is 0 Å². The fraction of sp³-hybridized carbons (Fsp3) is 0. The minimum absolute atomic E-state index is 0. The zero-order valence-corrected chi connectivity index (χ0v) is 5.98. The first-order valence-electron chi connectivity index (χ1n) is 0.408. The average molecular weight is 282 g/mol. The van der Waals surface area contributed by atoms with Gasteiger partial charge in [0.2, 0.25) is 0 Å². The van der Waals surface area contributed by atoms with E-state index in [0.717, 1.165) is 0 Å². The maximum Gasteiger partial charge on any atom is 0.373 e. The molecule has 0 aromatic carbocycles. The van der Waals surface area contributed by atoms with E-state index in [2.05, 4.69) is 0 Å². The fourth-order valence-corrected chi connectivity index (χ4v) is 0. The predicted molar refractivity (Wildman–Crippen MR) is 5.01 cm³/mol. The van der Waals surface area contributed by atoms with Crippen molar-refractivity contribution < 1.29 is 40.7 Å². The van der Waals surface area contributed by atoms with Crippen molar-refractivity contribution in [1.29, 1.82) is 0 Å². The quantitative estimate of drug-likeness (QED) is 0.595. The largest absolute Gasteiger partial charge is 0.373 e. The zero-order valence-electron chi connectivity index (χ0n) is 1.82. The topological polar surface area (TPSA) is 34.1 Å².